The zero-order valence-corrected chi connectivity index (χ0v) is 9.60. The quantitative estimate of drug-likeness (QED) is 0.878. The number of nitrogens with one attached hydrogen (secondary N) is 1. The summed E-state index contributed by atoms with van der Waals surface area (Å²) in [6, 6.07) is 10.9. The molecule has 0 aliphatic heterocycles. The number of hydrogen-bond donors (Lipinski definition) is 1. The molecule has 1 saturated carbocycles. The molecule has 0 saturated heterocycles. The molecule has 0 atom stereocenters. The lowest BCUT2D eigenvalue weighted by Gasteiger charge is -2.07. The lowest BCUT2D eigenvalue weighted by atomic mass is 10.2. The van der Waals surface area contributed by atoms with Crippen LogP contribution in [0.5, 0.6) is 0 Å². The van der Waals surface area contributed by atoms with E-state index in [1.54, 1.807) is 0 Å². The fourth-order valence-corrected chi connectivity index (χ4v) is 2.23. The zero-order chi connectivity index (χ0) is 11.5. The van der Waals surface area contributed by atoms with Gasteiger partial charge in [0.25, 0.3) is 0 Å². The number of hydrogen-bond acceptors (Lipinski definition) is 4. The van der Waals surface area contributed by atoms with Gasteiger partial charge in [0.2, 0.25) is 5.82 Å². The molecule has 1 aliphatic rings. The summed E-state index contributed by atoms with van der Waals surface area (Å²) in [7, 11) is 0. The van der Waals surface area contributed by atoms with Crippen molar-refractivity contribution in [3.63, 3.8) is 0 Å². The Hall–Kier alpha value is -1.84. The second kappa shape index (κ2) is 4.57. The number of rotatable bonds is 3. The van der Waals surface area contributed by atoms with Crippen LogP contribution < -0.4 is 5.32 Å². The molecule has 0 bridgehead atoms. The Morgan fingerprint density at radius 1 is 1.12 bits per heavy atom. The van der Waals surface area contributed by atoms with Crippen molar-refractivity contribution in [2.45, 2.75) is 31.7 Å². The molecule has 88 valence electrons. The van der Waals surface area contributed by atoms with Crippen LogP contribution in [-0.2, 0) is 0 Å². The molecule has 1 aromatic heterocycles. The highest BCUT2D eigenvalue weighted by atomic mass is 16.5. The second-order valence-corrected chi connectivity index (χ2v) is 4.41. The summed E-state index contributed by atoms with van der Waals surface area (Å²) >= 11 is 0. The first-order valence-corrected chi connectivity index (χ1v) is 6.07. The lowest BCUT2D eigenvalue weighted by Crippen LogP contribution is -2.14. The topological polar surface area (TPSA) is 51.0 Å². The average molecular weight is 229 g/mol. The van der Waals surface area contributed by atoms with E-state index in [-0.39, 0.29) is 0 Å². The SMILES string of the molecule is c1ccc(-c2noc(NC3CCCC3)n2)cc1. The van der Waals surface area contributed by atoms with Crippen LogP contribution in [0.4, 0.5) is 6.01 Å². The number of aromatic nitrogens is 2. The van der Waals surface area contributed by atoms with Crippen molar-refractivity contribution in [2.75, 3.05) is 5.32 Å². The maximum absolute atomic E-state index is 5.21. The summed E-state index contributed by atoms with van der Waals surface area (Å²) in [4.78, 5) is 4.36. The molecule has 0 spiro atoms. The molecule has 1 heterocycles. The summed E-state index contributed by atoms with van der Waals surface area (Å²) < 4.78 is 5.21. The molecule has 0 unspecified atom stereocenters. The predicted molar refractivity (Wildman–Crippen MR) is 65.6 cm³/mol. The van der Waals surface area contributed by atoms with Gasteiger partial charge in [-0.25, -0.2) is 0 Å². The Bertz CT molecular complexity index is 474. The molecule has 2 aromatic rings. The lowest BCUT2D eigenvalue weighted by molar-refractivity contribution is 0.427. The minimum absolute atomic E-state index is 0.499. The predicted octanol–water partition coefficient (Wildman–Crippen LogP) is 3.09. The van der Waals surface area contributed by atoms with Crippen LogP contribution in [0.3, 0.4) is 0 Å². The second-order valence-electron chi connectivity index (χ2n) is 4.41. The Balaban J connectivity index is 1.74. The normalized spacial score (nSPS) is 16.2. The van der Waals surface area contributed by atoms with Gasteiger partial charge in [-0.15, -0.1) is 0 Å². The van der Waals surface area contributed by atoms with E-state index in [1.165, 1.54) is 25.7 Å². The molecule has 1 fully saturated rings. The highest BCUT2D eigenvalue weighted by Crippen LogP contribution is 2.23. The van der Waals surface area contributed by atoms with Crippen molar-refractivity contribution in [1.29, 1.82) is 0 Å². The first-order valence-electron chi connectivity index (χ1n) is 6.07. The molecule has 0 radical (unpaired) electrons. The van der Waals surface area contributed by atoms with E-state index in [4.69, 9.17) is 4.52 Å². The van der Waals surface area contributed by atoms with Gasteiger partial charge in [0.05, 0.1) is 0 Å². The third kappa shape index (κ3) is 2.30. The smallest absolute Gasteiger partial charge is 0.322 e. The first kappa shape index (κ1) is 10.3. The van der Waals surface area contributed by atoms with E-state index in [1.807, 2.05) is 30.3 Å². The number of nitrogens with zero attached hydrogens (tertiary/aromatic N) is 2. The zero-order valence-electron chi connectivity index (χ0n) is 9.60. The van der Waals surface area contributed by atoms with Crippen LogP contribution >= 0.6 is 0 Å². The summed E-state index contributed by atoms with van der Waals surface area (Å²) in [5, 5.41) is 7.27. The molecule has 3 rings (SSSR count). The Kier molecular flexibility index (Phi) is 2.78. The van der Waals surface area contributed by atoms with E-state index in [9.17, 15) is 0 Å². The van der Waals surface area contributed by atoms with E-state index >= 15 is 0 Å². The van der Waals surface area contributed by atoms with Crippen LogP contribution in [0.1, 0.15) is 25.7 Å². The van der Waals surface area contributed by atoms with E-state index < -0.39 is 0 Å². The van der Waals surface area contributed by atoms with Crippen LogP contribution in [0, 0.1) is 0 Å². The number of anilines is 1. The molecule has 17 heavy (non-hydrogen) atoms. The minimum atomic E-state index is 0.499. The first-order chi connectivity index (χ1) is 8.42. The third-order valence-corrected chi connectivity index (χ3v) is 3.14. The molecular formula is C13H15N3O. The monoisotopic (exact) mass is 229 g/mol. The van der Waals surface area contributed by atoms with Crippen molar-refractivity contribution in [3.05, 3.63) is 30.3 Å². The van der Waals surface area contributed by atoms with E-state index in [0.717, 1.165) is 5.56 Å². The van der Waals surface area contributed by atoms with Gasteiger partial charge in [-0.05, 0) is 12.8 Å². The Labute approximate surface area is 100 Å². The third-order valence-electron chi connectivity index (χ3n) is 3.14. The van der Waals surface area contributed by atoms with Gasteiger partial charge in [-0.2, -0.15) is 4.98 Å². The van der Waals surface area contributed by atoms with Crippen LogP contribution in [-0.4, -0.2) is 16.2 Å². The summed E-state index contributed by atoms with van der Waals surface area (Å²) in [6.07, 6.45) is 4.97. The highest BCUT2D eigenvalue weighted by molar-refractivity contribution is 5.54. The number of benzene rings is 1. The molecule has 0 amide bonds. The maximum atomic E-state index is 5.21. The fourth-order valence-electron chi connectivity index (χ4n) is 2.23. The van der Waals surface area contributed by atoms with Crippen LogP contribution in [0.2, 0.25) is 0 Å². The van der Waals surface area contributed by atoms with Crippen molar-refractivity contribution < 1.29 is 4.52 Å². The van der Waals surface area contributed by atoms with Gasteiger partial charge >= 0.3 is 6.01 Å². The summed E-state index contributed by atoms with van der Waals surface area (Å²) in [6.45, 7) is 0. The van der Waals surface area contributed by atoms with Gasteiger partial charge < -0.3 is 9.84 Å². The standard InChI is InChI=1S/C13H15N3O/c1-2-6-10(7-3-1)12-15-13(17-16-12)14-11-8-4-5-9-11/h1-3,6-7,11H,4-5,8-9H2,(H,14,15,16). The van der Waals surface area contributed by atoms with Gasteiger partial charge in [0.1, 0.15) is 0 Å². The van der Waals surface area contributed by atoms with Gasteiger partial charge in [0, 0.05) is 11.6 Å². The maximum Gasteiger partial charge on any atom is 0.322 e. The minimum Gasteiger partial charge on any atom is -0.335 e. The summed E-state index contributed by atoms with van der Waals surface area (Å²) in [5.41, 5.74) is 0.982. The molecule has 1 N–H and O–H groups in total. The Morgan fingerprint density at radius 3 is 2.65 bits per heavy atom. The van der Waals surface area contributed by atoms with Crippen molar-refractivity contribution in [1.82, 2.24) is 10.1 Å². The largest absolute Gasteiger partial charge is 0.335 e. The van der Waals surface area contributed by atoms with Crippen LogP contribution in [0.15, 0.2) is 34.9 Å². The highest BCUT2D eigenvalue weighted by Gasteiger charge is 2.17. The molecule has 4 heteroatoms. The van der Waals surface area contributed by atoms with Crippen molar-refractivity contribution in [2.24, 2.45) is 0 Å². The van der Waals surface area contributed by atoms with E-state index in [0.29, 0.717) is 17.9 Å². The Morgan fingerprint density at radius 2 is 1.88 bits per heavy atom. The fraction of sp³-hybridized carbons (Fsp3) is 0.385. The molecular weight excluding hydrogens is 214 g/mol. The van der Waals surface area contributed by atoms with E-state index in [2.05, 4.69) is 15.5 Å². The van der Waals surface area contributed by atoms with Crippen molar-refractivity contribution >= 4 is 6.01 Å². The van der Waals surface area contributed by atoms with Gasteiger partial charge in [0.15, 0.2) is 0 Å². The van der Waals surface area contributed by atoms with Gasteiger partial charge in [-0.3, -0.25) is 0 Å². The van der Waals surface area contributed by atoms with Crippen LogP contribution in [0.25, 0.3) is 11.4 Å². The van der Waals surface area contributed by atoms with Crippen molar-refractivity contribution in [3.8, 4) is 11.4 Å². The van der Waals surface area contributed by atoms with Gasteiger partial charge in [-0.1, -0.05) is 48.3 Å². The molecule has 4 nitrogen and oxygen atoms in total. The molecule has 1 aliphatic carbocycles. The average Bonchev–Trinajstić information content (AvgIpc) is 3.02. The molecule has 1 aromatic carbocycles. The summed E-state index contributed by atoms with van der Waals surface area (Å²) in [5.74, 6) is 0.645.